The van der Waals surface area contributed by atoms with Gasteiger partial charge in [0.2, 0.25) is 0 Å². The van der Waals surface area contributed by atoms with Gasteiger partial charge in [-0.1, -0.05) is 29.8 Å². The van der Waals surface area contributed by atoms with Crippen molar-refractivity contribution in [1.29, 1.82) is 0 Å². The summed E-state index contributed by atoms with van der Waals surface area (Å²) >= 11 is 12.5. The molecular formula is C26H37ClN4S. The lowest BCUT2D eigenvalue weighted by molar-refractivity contribution is 0.101. The zero-order chi connectivity index (χ0) is 23.7. The predicted octanol–water partition coefficient (Wildman–Crippen LogP) is 6.22. The highest BCUT2D eigenvalue weighted by Gasteiger charge is 2.40. The molecule has 0 bridgehead atoms. The van der Waals surface area contributed by atoms with Crippen molar-refractivity contribution in [1.82, 2.24) is 10.2 Å². The summed E-state index contributed by atoms with van der Waals surface area (Å²) < 4.78 is 0. The molecule has 1 aliphatic heterocycles. The Morgan fingerprint density at radius 2 is 1.66 bits per heavy atom. The predicted molar refractivity (Wildman–Crippen MR) is 143 cm³/mol. The van der Waals surface area contributed by atoms with Crippen LogP contribution in [0.1, 0.15) is 51.7 Å². The number of rotatable bonds is 5. The SMILES string of the molecule is Cc1ccc(Cl)c(NC(=S)N(Cc2ccc(N(C)C)cc2)C2CC(C)(C)NC(C)(C)C2)c1. The third-order valence-electron chi connectivity index (χ3n) is 6.04. The van der Waals surface area contributed by atoms with Crippen LogP contribution in [0.25, 0.3) is 0 Å². The van der Waals surface area contributed by atoms with Crippen LogP contribution in [-0.4, -0.2) is 41.2 Å². The molecule has 0 saturated carbocycles. The molecule has 0 unspecified atom stereocenters. The summed E-state index contributed by atoms with van der Waals surface area (Å²) in [6.45, 7) is 11.9. The molecule has 0 amide bonds. The van der Waals surface area contributed by atoms with E-state index < -0.39 is 0 Å². The lowest BCUT2D eigenvalue weighted by Gasteiger charge is -2.50. The number of anilines is 2. The second-order valence-electron chi connectivity index (χ2n) is 10.6. The number of nitrogens with one attached hydrogen (secondary N) is 2. The highest BCUT2D eigenvalue weighted by molar-refractivity contribution is 7.80. The third kappa shape index (κ3) is 6.37. The summed E-state index contributed by atoms with van der Waals surface area (Å²) in [5.74, 6) is 0. The maximum Gasteiger partial charge on any atom is 0.174 e. The molecule has 1 fully saturated rings. The average molecular weight is 473 g/mol. The Morgan fingerprint density at radius 1 is 1.06 bits per heavy atom. The van der Waals surface area contributed by atoms with E-state index in [9.17, 15) is 0 Å². The van der Waals surface area contributed by atoms with Gasteiger partial charge in [0, 0.05) is 43.4 Å². The van der Waals surface area contributed by atoms with Crippen LogP contribution in [0, 0.1) is 6.92 Å². The van der Waals surface area contributed by atoms with Crippen LogP contribution in [0.2, 0.25) is 5.02 Å². The van der Waals surface area contributed by atoms with Crippen LogP contribution < -0.4 is 15.5 Å². The fourth-order valence-electron chi connectivity index (χ4n) is 4.87. The molecule has 2 N–H and O–H groups in total. The van der Waals surface area contributed by atoms with Gasteiger partial charge in [-0.25, -0.2) is 0 Å². The zero-order valence-corrected chi connectivity index (χ0v) is 22.0. The summed E-state index contributed by atoms with van der Waals surface area (Å²) in [4.78, 5) is 4.47. The number of benzene rings is 2. The molecule has 4 nitrogen and oxygen atoms in total. The first-order valence-corrected chi connectivity index (χ1v) is 12.0. The molecule has 2 aromatic rings. The monoisotopic (exact) mass is 472 g/mol. The Kier molecular flexibility index (Phi) is 7.43. The maximum atomic E-state index is 6.47. The molecule has 2 aromatic carbocycles. The first-order valence-electron chi connectivity index (χ1n) is 11.2. The average Bonchev–Trinajstić information content (AvgIpc) is 2.66. The number of thiocarbonyl (C=S) groups is 1. The van der Waals surface area contributed by atoms with Crippen molar-refractivity contribution >= 4 is 40.3 Å². The minimum atomic E-state index is 0.0238. The molecule has 1 saturated heterocycles. The molecule has 1 aliphatic rings. The summed E-state index contributed by atoms with van der Waals surface area (Å²) in [5, 5.41) is 8.63. The van der Waals surface area contributed by atoms with Crippen LogP contribution in [-0.2, 0) is 6.54 Å². The van der Waals surface area contributed by atoms with Gasteiger partial charge >= 0.3 is 0 Å². The van der Waals surface area contributed by atoms with Crippen molar-refractivity contribution in [2.24, 2.45) is 0 Å². The maximum absolute atomic E-state index is 6.47. The molecule has 174 valence electrons. The quantitative estimate of drug-likeness (QED) is 0.504. The van der Waals surface area contributed by atoms with Crippen molar-refractivity contribution in [2.45, 2.75) is 71.1 Å². The van der Waals surface area contributed by atoms with Gasteiger partial charge in [0.15, 0.2) is 5.11 Å². The molecule has 0 aromatic heterocycles. The van der Waals surface area contributed by atoms with Gasteiger partial charge in [-0.15, -0.1) is 0 Å². The second-order valence-corrected chi connectivity index (χ2v) is 11.4. The smallest absolute Gasteiger partial charge is 0.174 e. The molecule has 32 heavy (non-hydrogen) atoms. The van der Waals surface area contributed by atoms with Crippen LogP contribution in [0.5, 0.6) is 0 Å². The third-order valence-corrected chi connectivity index (χ3v) is 6.71. The van der Waals surface area contributed by atoms with Gasteiger partial charge in [-0.2, -0.15) is 0 Å². The van der Waals surface area contributed by atoms with Gasteiger partial charge in [0.1, 0.15) is 0 Å². The standard InChI is InChI=1S/C26H37ClN4S/c1-18-8-13-22(27)23(14-18)28-24(32)31(17-19-9-11-20(12-10-19)30(6)7)21-15-25(2,3)29-26(4,5)16-21/h8-14,21,29H,15-17H2,1-7H3,(H,28,32). The van der Waals surface area contributed by atoms with E-state index in [0.29, 0.717) is 16.2 Å². The molecular weight excluding hydrogens is 436 g/mol. The Morgan fingerprint density at radius 3 is 2.22 bits per heavy atom. The van der Waals surface area contributed by atoms with E-state index in [-0.39, 0.29) is 11.1 Å². The molecule has 0 radical (unpaired) electrons. The summed E-state index contributed by atoms with van der Waals surface area (Å²) in [6, 6.07) is 15.0. The van der Waals surface area contributed by atoms with E-state index in [1.807, 2.05) is 12.1 Å². The highest BCUT2D eigenvalue weighted by Crippen LogP contribution is 2.33. The van der Waals surface area contributed by atoms with E-state index in [2.05, 4.69) is 99.5 Å². The van der Waals surface area contributed by atoms with Crippen molar-refractivity contribution in [2.75, 3.05) is 24.3 Å². The van der Waals surface area contributed by atoms with E-state index in [4.69, 9.17) is 23.8 Å². The summed E-state index contributed by atoms with van der Waals surface area (Å²) in [6.07, 6.45) is 2.02. The van der Waals surface area contributed by atoms with Gasteiger partial charge in [0.25, 0.3) is 0 Å². The Bertz CT molecular complexity index is 937. The fourth-order valence-corrected chi connectivity index (χ4v) is 5.36. The second kappa shape index (κ2) is 9.58. The van der Waals surface area contributed by atoms with Crippen molar-refractivity contribution in [3.05, 3.63) is 58.6 Å². The van der Waals surface area contributed by atoms with E-state index >= 15 is 0 Å². The number of hydrogen-bond acceptors (Lipinski definition) is 3. The highest BCUT2D eigenvalue weighted by atomic mass is 35.5. The number of nitrogens with zero attached hydrogens (tertiary/aromatic N) is 2. The summed E-state index contributed by atoms with van der Waals surface area (Å²) in [5.41, 5.74) is 4.49. The minimum Gasteiger partial charge on any atom is -0.378 e. The summed E-state index contributed by atoms with van der Waals surface area (Å²) in [7, 11) is 4.12. The van der Waals surface area contributed by atoms with Crippen LogP contribution in [0.3, 0.4) is 0 Å². The van der Waals surface area contributed by atoms with Crippen molar-refractivity contribution in [3.8, 4) is 0 Å². The topological polar surface area (TPSA) is 30.5 Å². The Hall–Kier alpha value is -1.82. The van der Waals surface area contributed by atoms with Crippen LogP contribution in [0.15, 0.2) is 42.5 Å². The van der Waals surface area contributed by atoms with Crippen molar-refractivity contribution in [3.63, 3.8) is 0 Å². The van der Waals surface area contributed by atoms with E-state index in [0.717, 1.165) is 30.6 Å². The molecule has 0 atom stereocenters. The first kappa shape index (κ1) is 24.8. The molecule has 3 rings (SSSR count). The first-order chi connectivity index (χ1) is 14.8. The number of piperidine rings is 1. The van der Waals surface area contributed by atoms with E-state index in [1.165, 1.54) is 11.3 Å². The molecule has 6 heteroatoms. The zero-order valence-electron chi connectivity index (χ0n) is 20.4. The lowest BCUT2D eigenvalue weighted by Crippen LogP contribution is -2.63. The fraction of sp³-hybridized carbons (Fsp3) is 0.500. The van der Waals surface area contributed by atoms with Crippen LogP contribution >= 0.6 is 23.8 Å². The van der Waals surface area contributed by atoms with Gasteiger partial charge < -0.3 is 20.4 Å². The molecule has 0 spiro atoms. The number of halogens is 1. The largest absolute Gasteiger partial charge is 0.378 e. The van der Waals surface area contributed by atoms with Gasteiger partial charge in [-0.05, 0) is 95.1 Å². The van der Waals surface area contributed by atoms with E-state index in [1.54, 1.807) is 0 Å². The number of aryl methyl sites for hydroxylation is 1. The lowest BCUT2D eigenvalue weighted by atomic mass is 9.79. The van der Waals surface area contributed by atoms with Gasteiger partial charge in [-0.3, -0.25) is 0 Å². The Labute approximate surface area is 204 Å². The molecule has 0 aliphatic carbocycles. The number of hydrogen-bond donors (Lipinski definition) is 2. The minimum absolute atomic E-state index is 0.0238. The van der Waals surface area contributed by atoms with Gasteiger partial charge in [0.05, 0.1) is 10.7 Å². The van der Waals surface area contributed by atoms with Crippen LogP contribution in [0.4, 0.5) is 11.4 Å². The normalized spacial score (nSPS) is 17.6. The van der Waals surface area contributed by atoms with Crippen molar-refractivity contribution < 1.29 is 0 Å². The Balaban J connectivity index is 1.91. The molecule has 1 heterocycles.